The molecule has 1 N–H and O–H groups in total. The Bertz CT molecular complexity index is 369. The second-order valence-corrected chi connectivity index (χ2v) is 4.53. The van der Waals surface area contributed by atoms with E-state index < -0.39 is 0 Å². The normalized spacial score (nSPS) is 11.8. The maximum atomic E-state index is 11.3. The largest absolute Gasteiger partial charge is 0.329 e. The van der Waals surface area contributed by atoms with Crippen molar-refractivity contribution in [3.8, 4) is 0 Å². The number of aromatic amines is 1. The summed E-state index contributed by atoms with van der Waals surface area (Å²) < 4.78 is 0. The number of hydrogen-bond donors (Lipinski definition) is 1. The fourth-order valence-corrected chi connectivity index (χ4v) is 1.51. The van der Waals surface area contributed by atoms with E-state index in [4.69, 9.17) is 0 Å². The van der Waals surface area contributed by atoms with Crippen LogP contribution < -0.4 is 5.56 Å². The van der Waals surface area contributed by atoms with Crippen molar-refractivity contribution in [2.45, 2.75) is 40.0 Å². The molecule has 0 saturated carbocycles. The molecule has 0 unspecified atom stereocenters. The van der Waals surface area contributed by atoms with Crippen LogP contribution in [0.3, 0.4) is 0 Å². The number of nitrogens with one attached hydrogen (secondary N) is 1. The fraction of sp³-hybridized carbons (Fsp3) is 0.545. The highest BCUT2D eigenvalue weighted by Gasteiger charge is 2.17. The van der Waals surface area contributed by atoms with Crippen molar-refractivity contribution < 1.29 is 0 Å². The molecule has 1 aromatic heterocycles. The first-order valence-electron chi connectivity index (χ1n) is 4.53. The Hall–Kier alpha value is -1.05. The van der Waals surface area contributed by atoms with Crippen LogP contribution >= 0.6 is 0 Å². The molecule has 0 spiro atoms. The van der Waals surface area contributed by atoms with Crippen LogP contribution in [0, 0.1) is 13.8 Å². The molecule has 0 aliphatic rings. The van der Waals surface area contributed by atoms with Crippen molar-refractivity contribution >= 4 is 0 Å². The van der Waals surface area contributed by atoms with Gasteiger partial charge < -0.3 is 4.98 Å². The molecule has 0 aromatic carbocycles. The fourth-order valence-electron chi connectivity index (χ4n) is 1.51. The quantitative estimate of drug-likeness (QED) is 0.651. The first-order chi connectivity index (χ1) is 5.84. The SMILES string of the molecule is Cc1c(C(C)(C)C)c[nH]c(=O)c1C. The molecular formula is C11H17NO. The Morgan fingerprint density at radius 3 is 2.15 bits per heavy atom. The van der Waals surface area contributed by atoms with Crippen LogP contribution in [0.15, 0.2) is 11.0 Å². The topological polar surface area (TPSA) is 32.9 Å². The zero-order chi connectivity index (χ0) is 10.2. The van der Waals surface area contributed by atoms with Gasteiger partial charge in [-0.15, -0.1) is 0 Å². The lowest BCUT2D eigenvalue weighted by Gasteiger charge is -2.21. The zero-order valence-corrected chi connectivity index (χ0v) is 8.99. The number of rotatable bonds is 0. The van der Waals surface area contributed by atoms with Crippen LogP contribution in [0.1, 0.15) is 37.5 Å². The van der Waals surface area contributed by atoms with E-state index >= 15 is 0 Å². The lowest BCUT2D eigenvalue weighted by molar-refractivity contribution is 0.581. The third kappa shape index (κ3) is 1.82. The van der Waals surface area contributed by atoms with Gasteiger partial charge >= 0.3 is 0 Å². The number of pyridine rings is 1. The third-order valence-electron chi connectivity index (χ3n) is 2.46. The van der Waals surface area contributed by atoms with E-state index in [1.54, 1.807) is 0 Å². The minimum absolute atomic E-state index is 0.0190. The van der Waals surface area contributed by atoms with E-state index in [-0.39, 0.29) is 11.0 Å². The van der Waals surface area contributed by atoms with Crippen molar-refractivity contribution in [1.29, 1.82) is 0 Å². The van der Waals surface area contributed by atoms with E-state index in [0.29, 0.717) is 0 Å². The van der Waals surface area contributed by atoms with Crippen molar-refractivity contribution in [2.24, 2.45) is 0 Å². The van der Waals surface area contributed by atoms with E-state index in [1.165, 1.54) is 5.56 Å². The molecule has 0 saturated heterocycles. The van der Waals surface area contributed by atoms with Gasteiger partial charge in [-0.05, 0) is 30.4 Å². The van der Waals surface area contributed by atoms with Crippen molar-refractivity contribution in [3.05, 3.63) is 33.2 Å². The monoisotopic (exact) mass is 179 g/mol. The van der Waals surface area contributed by atoms with Gasteiger partial charge in [0.15, 0.2) is 0 Å². The Morgan fingerprint density at radius 2 is 1.69 bits per heavy atom. The molecule has 0 atom stereocenters. The molecule has 13 heavy (non-hydrogen) atoms. The molecule has 0 aliphatic carbocycles. The molecule has 0 radical (unpaired) electrons. The number of H-pyrrole nitrogens is 1. The molecule has 0 amide bonds. The van der Waals surface area contributed by atoms with E-state index in [1.807, 2.05) is 20.0 Å². The minimum Gasteiger partial charge on any atom is -0.329 e. The first-order valence-corrected chi connectivity index (χ1v) is 4.53. The van der Waals surface area contributed by atoms with Crippen LogP contribution in [0.25, 0.3) is 0 Å². The Morgan fingerprint density at radius 1 is 1.15 bits per heavy atom. The van der Waals surface area contributed by atoms with Crippen LogP contribution in [0.2, 0.25) is 0 Å². The summed E-state index contributed by atoms with van der Waals surface area (Å²) in [4.78, 5) is 14.0. The van der Waals surface area contributed by atoms with Crippen LogP contribution in [0.5, 0.6) is 0 Å². The molecule has 0 aliphatic heterocycles. The summed E-state index contributed by atoms with van der Waals surface area (Å²) in [6, 6.07) is 0. The lowest BCUT2D eigenvalue weighted by Crippen LogP contribution is -2.20. The minimum atomic E-state index is 0.0190. The van der Waals surface area contributed by atoms with Gasteiger partial charge in [-0.1, -0.05) is 20.8 Å². The summed E-state index contributed by atoms with van der Waals surface area (Å²) in [6.07, 6.45) is 1.82. The van der Waals surface area contributed by atoms with Crippen LogP contribution in [0.4, 0.5) is 0 Å². The summed E-state index contributed by atoms with van der Waals surface area (Å²) in [5.74, 6) is 0. The zero-order valence-electron chi connectivity index (χ0n) is 8.99. The molecule has 0 fully saturated rings. The smallest absolute Gasteiger partial charge is 0.251 e. The summed E-state index contributed by atoms with van der Waals surface area (Å²) >= 11 is 0. The van der Waals surface area contributed by atoms with E-state index in [2.05, 4.69) is 25.8 Å². The van der Waals surface area contributed by atoms with Gasteiger partial charge in [-0.2, -0.15) is 0 Å². The van der Waals surface area contributed by atoms with Gasteiger partial charge in [0.1, 0.15) is 0 Å². The van der Waals surface area contributed by atoms with Gasteiger partial charge in [0.2, 0.25) is 0 Å². The van der Waals surface area contributed by atoms with E-state index in [9.17, 15) is 4.79 Å². The molecule has 1 rings (SSSR count). The predicted molar refractivity (Wildman–Crippen MR) is 55.2 cm³/mol. The van der Waals surface area contributed by atoms with Gasteiger partial charge in [0.25, 0.3) is 5.56 Å². The molecular weight excluding hydrogens is 162 g/mol. The lowest BCUT2D eigenvalue weighted by atomic mass is 9.84. The average molecular weight is 179 g/mol. The van der Waals surface area contributed by atoms with Crippen molar-refractivity contribution in [3.63, 3.8) is 0 Å². The van der Waals surface area contributed by atoms with Gasteiger partial charge in [0, 0.05) is 11.8 Å². The highest BCUT2D eigenvalue weighted by molar-refractivity contribution is 5.34. The number of hydrogen-bond acceptors (Lipinski definition) is 1. The third-order valence-corrected chi connectivity index (χ3v) is 2.46. The molecule has 72 valence electrons. The van der Waals surface area contributed by atoms with Gasteiger partial charge in [-0.3, -0.25) is 4.79 Å². The van der Waals surface area contributed by atoms with Crippen LogP contribution in [-0.2, 0) is 5.41 Å². The second kappa shape index (κ2) is 3.02. The molecule has 2 nitrogen and oxygen atoms in total. The molecule has 1 heterocycles. The first kappa shape index (κ1) is 10.0. The average Bonchev–Trinajstić information content (AvgIpc) is 1.98. The Kier molecular flexibility index (Phi) is 2.33. The van der Waals surface area contributed by atoms with Crippen molar-refractivity contribution in [1.82, 2.24) is 4.98 Å². The molecule has 2 heteroatoms. The Balaban J connectivity index is 3.44. The Labute approximate surface area is 79.0 Å². The predicted octanol–water partition coefficient (Wildman–Crippen LogP) is 2.29. The van der Waals surface area contributed by atoms with Crippen molar-refractivity contribution in [2.75, 3.05) is 0 Å². The molecule has 0 bridgehead atoms. The summed E-state index contributed by atoms with van der Waals surface area (Å²) in [5, 5.41) is 0. The molecule has 1 aromatic rings. The highest BCUT2D eigenvalue weighted by atomic mass is 16.1. The van der Waals surface area contributed by atoms with Gasteiger partial charge in [-0.25, -0.2) is 0 Å². The number of aromatic nitrogens is 1. The summed E-state index contributed by atoms with van der Waals surface area (Å²) in [5.41, 5.74) is 3.26. The van der Waals surface area contributed by atoms with E-state index in [0.717, 1.165) is 11.1 Å². The summed E-state index contributed by atoms with van der Waals surface area (Å²) in [7, 11) is 0. The standard InChI is InChI=1S/C11H17NO/c1-7-8(2)10(13)12-6-9(7)11(3,4)5/h6H,1-5H3,(H,12,13). The van der Waals surface area contributed by atoms with Gasteiger partial charge in [0.05, 0.1) is 0 Å². The second-order valence-electron chi connectivity index (χ2n) is 4.53. The maximum absolute atomic E-state index is 11.3. The highest BCUT2D eigenvalue weighted by Crippen LogP contribution is 2.24. The maximum Gasteiger partial charge on any atom is 0.251 e. The van der Waals surface area contributed by atoms with Crippen LogP contribution in [-0.4, -0.2) is 4.98 Å². The summed E-state index contributed by atoms with van der Waals surface area (Å²) in [6.45, 7) is 10.3.